The van der Waals surface area contributed by atoms with E-state index in [0.717, 1.165) is 12.8 Å². The fraction of sp³-hybridized carbons (Fsp3) is 0.750. The molecule has 0 aromatic carbocycles. The first kappa shape index (κ1) is 9.92. The average Bonchev–Trinajstić information content (AvgIpc) is 1.78. The molecule has 2 heteroatoms. The maximum Gasteiger partial charge on any atom is 0.0682 e. The monoisotopic (exact) mass is 158 g/mol. The SMILES string of the molecule is C[Si](C)(C)C=CCCCO. The number of unbranched alkanes of at least 4 members (excludes halogenated alkanes) is 1. The van der Waals surface area contributed by atoms with Crippen LogP contribution in [-0.4, -0.2) is 19.8 Å². The molecule has 0 aromatic heterocycles. The Morgan fingerprint density at radius 2 is 1.90 bits per heavy atom. The van der Waals surface area contributed by atoms with Crippen LogP contribution < -0.4 is 0 Å². The summed E-state index contributed by atoms with van der Waals surface area (Å²) in [4.78, 5) is 0. The van der Waals surface area contributed by atoms with Crippen molar-refractivity contribution in [3.63, 3.8) is 0 Å². The van der Waals surface area contributed by atoms with Gasteiger partial charge in [0.05, 0.1) is 8.07 Å². The van der Waals surface area contributed by atoms with Gasteiger partial charge in [-0.05, 0) is 12.8 Å². The Labute approximate surface area is 64.8 Å². The molecule has 0 radical (unpaired) electrons. The van der Waals surface area contributed by atoms with Gasteiger partial charge in [-0.3, -0.25) is 0 Å². The van der Waals surface area contributed by atoms with E-state index in [9.17, 15) is 0 Å². The fourth-order valence-corrected chi connectivity index (χ4v) is 1.52. The number of hydrogen-bond donors (Lipinski definition) is 1. The van der Waals surface area contributed by atoms with Crippen molar-refractivity contribution < 1.29 is 5.11 Å². The molecule has 60 valence electrons. The van der Waals surface area contributed by atoms with Gasteiger partial charge in [-0.25, -0.2) is 0 Å². The van der Waals surface area contributed by atoms with Crippen LogP contribution in [-0.2, 0) is 0 Å². The summed E-state index contributed by atoms with van der Waals surface area (Å²) in [5.74, 6) is 0. The summed E-state index contributed by atoms with van der Waals surface area (Å²) in [5, 5.41) is 8.47. The summed E-state index contributed by atoms with van der Waals surface area (Å²) in [6, 6.07) is 0. The Hall–Kier alpha value is -0.0831. The summed E-state index contributed by atoms with van der Waals surface area (Å²) < 4.78 is 0. The minimum atomic E-state index is -0.969. The molecule has 0 aliphatic rings. The molecule has 0 heterocycles. The Kier molecular flexibility index (Phi) is 4.65. The van der Waals surface area contributed by atoms with Gasteiger partial charge >= 0.3 is 0 Å². The highest BCUT2D eigenvalue weighted by molar-refractivity contribution is 6.80. The third-order valence-corrected chi connectivity index (χ3v) is 2.38. The molecule has 0 fully saturated rings. The van der Waals surface area contributed by atoms with Crippen LogP contribution in [0.3, 0.4) is 0 Å². The lowest BCUT2D eigenvalue weighted by molar-refractivity contribution is 0.289. The molecule has 0 unspecified atom stereocenters. The smallest absolute Gasteiger partial charge is 0.0682 e. The second-order valence-electron chi connectivity index (χ2n) is 3.63. The third kappa shape index (κ3) is 7.92. The highest BCUT2D eigenvalue weighted by Crippen LogP contribution is 2.03. The maximum absolute atomic E-state index is 8.47. The van der Waals surface area contributed by atoms with Crippen LogP contribution in [0.15, 0.2) is 11.8 Å². The Morgan fingerprint density at radius 1 is 1.30 bits per heavy atom. The van der Waals surface area contributed by atoms with Crippen LogP contribution >= 0.6 is 0 Å². The zero-order valence-electron chi connectivity index (χ0n) is 7.22. The zero-order chi connectivity index (χ0) is 8.04. The molecule has 0 aromatic rings. The molecule has 0 amide bonds. The van der Waals surface area contributed by atoms with E-state index in [-0.39, 0.29) is 0 Å². The first-order valence-electron chi connectivity index (χ1n) is 3.85. The highest BCUT2D eigenvalue weighted by atomic mass is 28.3. The van der Waals surface area contributed by atoms with Gasteiger partial charge < -0.3 is 5.11 Å². The van der Waals surface area contributed by atoms with E-state index in [4.69, 9.17) is 5.11 Å². The predicted molar refractivity (Wildman–Crippen MR) is 48.8 cm³/mol. The van der Waals surface area contributed by atoms with Gasteiger partial charge in [0, 0.05) is 6.61 Å². The number of aliphatic hydroxyl groups is 1. The van der Waals surface area contributed by atoms with Gasteiger partial charge in [0.15, 0.2) is 0 Å². The second kappa shape index (κ2) is 4.69. The average molecular weight is 158 g/mol. The van der Waals surface area contributed by atoms with Crippen molar-refractivity contribution in [2.24, 2.45) is 0 Å². The first-order valence-corrected chi connectivity index (χ1v) is 7.42. The molecule has 10 heavy (non-hydrogen) atoms. The quantitative estimate of drug-likeness (QED) is 0.491. The molecular weight excluding hydrogens is 140 g/mol. The first-order chi connectivity index (χ1) is 4.56. The van der Waals surface area contributed by atoms with Crippen LogP contribution in [0.2, 0.25) is 19.6 Å². The topological polar surface area (TPSA) is 20.2 Å². The van der Waals surface area contributed by atoms with Gasteiger partial charge in [0.25, 0.3) is 0 Å². The van der Waals surface area contributed by atoms with E-state index in [1.807, 2.05) is 0 Å². The Bertz CT molecular complexity index is 102. The zero-order valence-corrected chi connectivity index (χ0v) is 8.22. The van der Waals surface area contributed by atoms with Crippen molar-refractivity contribution in [1.29, 1.82) is 0 Å². The summed E-state index contributed by atoms with van der Waals surface area (Å²) in [6.45, 7) is 7.24. The van der Waals surface area contributed by atoms with Crippen LogP contribution in [0.1, 0.15) is 12.8 Å². The Balaban J connectivity index is 3.37. The molecule has 0 spiro atoms. The lowest BCUT2D eigenvalue weighted by Gasteiger charge is -2.07. The number of rotatable bonds is 4. The molecule has 0 bridgehead atoms. The summed E-state index contributed by atoms with van der Waals surface area (Å²) in [7, 11) is -0.969. The van der Waals surface area contributed by atoms with Crippen LogP contribution in [0, 0.1) is 0 Å². The minimum absolute atomic E-state index is 0.316. The van der Waals surface area contributed by atoms with E-state index in [0.29, 0.717) is 6.61 Å². The molecule has 0 saturated heterocycles. The third-order valence-electron chi connectivity index (χ3n) is 1.15. The van der Waals surface area contributed by atoms with Crippen molar-refractivity contribution in [2.45, 2.75) is 32.5 Å². The van der Waals surface area contributed by atoms with Crippen molar-refractivity contribution in [1.82, 2.24) is 0 Å². The molecule has 0 atom stereocenters. The number of aliphatic hydroxyl groups excluding tert-OH is 1. The van der Waals surface area contributed by atoms with Crippen molar-refractivity contribution in [3.8, 4) is 0 Å². The molecular formula is C8H18OSi. The summed E-state index contributed by atoms with van der Waals surface area (Å²) in [5.41, 5.74) is 2.32. The molecule has 1 N–H and O–H groups in total. The lowest BCUT2D eigenvalue weighted by Crippen LogP contribution is -2.15. The van der Waals surface area contributed by atoms with Gasteiger partial charge in [0.2, 0.25) is 0 Å². The molecule has 0 aliphatic carbocycles. The van der Waals surface area contributed by atoms with E-state index in [2.05, 4.69) is 31.4 Å². The standard InChI is InChI=1S/C8H18OSi/c1-10(2,3)8-6-4-5-7-9/h6,8-9H,4-5,7H2,1-3H3. The second-order valence-corrected chi connectivity index (χ2v) is 8.70. The van der Waals surface area contributed by atoms with E-state index >= 15 is 0 Å². The van der Waals surface area contributed by atoms with Crippen molar-refractivity contribution in [3.05, 3.63) is 11.8 Å². The molecule has 1 nitrogen and oxygen atoms in total. The van der Waals surface area contributed by atoms with Gasteiger partial charge in [0.1, 0.15) is 0 Å². The maximum atomic E-state index is 8.47. The van der Waals surface area contributed by atoms with Crippen LogP contribution in [0.25, 0.3) is 0 Å². The van der Waals surface area contributed by atoms with E-state index < -0.39 is 8.07 Å². The molecule has 0 aliphatic heterocycles. The van der Waals surface area contributed by atoms with Gasteiger partial charge in [-0.1, -0.05) is 31.4 Å². The van der Waals surface area contributed by atoms with E-state index in [1.165, 1.54) is 0 Å². The Morgan fingerprint density at radius 3 is 2.30 bits per heavy atom. The lowest BCUT2D eigenvalue weighted by atomic mass is 10.3. The predicted octanol–water partition coefficient (Wildman–Crippen LogP) is 2.19. The number of allylic oxidation sites excluding steroid dienone is 1. The minimum Gasteiger partial charge on any atom is -0.396 e. The fourth-order valence-electron chi connectivity index (χ4n) is 0.646. The van der Waals surface area contributed by atoms with Gasteiger partial charge in [-0.15, -0.1) is 0 Å². The van der Waals surface area contributed by atoms with Crippen molar-refractivity contribution >= 4 is 8.07 Å². The van der Waals surface area contributed by atoms with Crippen molar-refractivity contribution in [2.75, 3.05) is 6.61 Å². The normalized spacial score (nSPS) is 12.8. The van der Waals surface area contributed by atoms with Crippen LogP contribution in [0.5, 0.6) is 0 Å². The molecule has 0 saturated carbocycles. The molecule has 0 rings (SSSR count). The van der Waals surface area contributed by atoms with Gasteiger partial charge in [-0.2, -0.15) is 0 Å². The summed E-state index contributed by atoms with van der Waals surface area (Å²) >= 11 is 0. The van der Waals surface area contributed by atoms with Crippen LogP contribution in [0.4, 0.5) is 0 Å². The highest BCUT2D eigenvalue weighted by Gasteiger charge is 2.05. The number of hydrogen-bond acceptors (Lipinski definition) is 1. The summed E-state index contributed by atoms with van der Waals surface area (Å²) in [6.07, 6.45) is 4.13. The van der Waals surface area contributed by atoms with E-state index in [1.54, 1.807) is 0 Å². The largest absolute Gasteiger partial charge is 0.396 e.